The number of fused-ring (bicyclic) bond motifs is 1. The summed E-state index contributed by atoms with van der Waals surface area (Å²) in [6.45, 7) is 4.15. The highest BCUT2D eigenvalue weighted by molar-refractivity contribution is 5.93. The van der Waals surface area contributed by atoms with Crippen LogP contribution >= 0.6 is 0 Å². The number of pyridine rings is 1. The van der Waals surface area contributed by atoms with Gasteiger partial charge in [-0.2, -0.15) is 0 Å². The van der Waals surface area contributed by atoms with E-state index in [-0.39, 0.29) is 0 Å². The second-order valence-electron chi connectivity index (χ2n) is 8.83. The quantitative estimate of drug-likeness (QED) is 0.350. The molecule has 8 nitrogen and oxygen atoms in total. The Balaban J connectivity index is 1.84. The first-order valence-corrected chi connectivity index (χ1v) is 11.7. The Bertz CT molecular complexity index is 1230. The van der Waals surface area contributed by atoms with Crippen LogP contribution in [0.1, 0.15) is 53.9 Å². The number of hydrogen-bond donors (Lipinski definition) is 3. The van der Waals surface area contributed by atoms with Gasteiger partial charge in [0.15, 0.2) is 5.54 Å². The van der Waals surface area contributed by atoms with Crippen LogP contribution in [0.5, 0.6) is 0 Å². The largest absolute Gasteiger partial charge is 0.361 e. The zero-order chi connectivity index (χ0) is 24.8. The van der Waals surface area contributed by atoms with Crippen molar-refractivity contribution in [3.05, 3.63) is 89.8 Å². The van der Waals surface area contributed by atoms with E-state index < -0.39 is 23.5 Å². The fourth-order valence-electron chi connectivity index (χ4n) is 4.52. The third kappa shape index (κ3) is 5.03. The molecule has 4 rings (SSSR count). The van der Waals surface area contributed by atoms with Gasteiger partial charge in [0.2, 0.25) is 0 Å². The van der Waals surface area contributed by atoms with E-state index in [0.29, 0.717) is 17.7 Å². The van der Waals surface area contributed by atoms with E-state index in [2.05, 4.69) is 10.5 Å². The van der Waals surface area contributed by atoms with Gasteiger partial charge < -0.3 is 4.90 Å². The SMILES string of the molecule is Cc1cc(C(ONC(=O)c2ccccc2)[C@@](C)(C(=O)NO)N2C=CCCCC2)c2ccccc2n1. The minimum Gasteiger partial charge on any atom is -0.361 e. The van der Waals surface area contributed by atoms with Crippen LogP contribution in [-0.2, 0) is 9.63 Å². The predicted octanol–water partition coefficient (Wildman–Crippen LogP) is 4.21. The summed E-state index contributed by atoms with van der Waals surface area (Å²) in [5, 5.41) is 10.6. The van der Waals surface area contributed by atoms with Crippen molar-refractivity contribution in [3.63, 3.8) is 0 Å². The number of nitrogens with zero attached hydrogens (tertiary/aromatic N) is 2. The molecule has 3 aromatic rings. The van der Waals surface area contributed by atoms with Gasteiger partial charge in [-0.05, 0) is 69.1 Å². The number of carbonyl (C=O) groups excluding carboxylic acids is 2. The number of benzene rings is 2. The van der Waals surface area contributed by atoms with Crippen molar-refractivity contribution in [1.29, 1.82) is 0 Å². The van der Waals surface area contributed by atoms with Crippen LogP contribution in [-0.4, -0.2) is 39.0 Å². The van der Waals surface area contributed by atoms with E-state index in [1.54, 1.807) is 31.2 Å². The maximum absolute atomic E-state index is 13.4. The molecular formula is C27H30N4O4. The Morgan fingerprint density at radius 2 is 1.86 bits per heavy atom. The zero-order valence-corrected chi connectivity index (χ0v) is 19.9. The number of rotatable bonds is 7. The number of carbonyl (C=O) groups is 2. The van der Waals surface area contributed by atoms with Crippen molar-refractivity contribution in [1.82, 2.24) is 20.8 Å². The average Bonchev–Trinajstić information content (AvgIpc) is 3.18. The predicted molar refractivity (Wildman–Crippen MR) is 132 cm³/mol. The second-order valence-corrected chi connectivity index (χ2v) is 8.83. The molecule has 182 valence electrons. The smallest absolute Gasteiger partial charge is 0.274 e. The number of amides is 2. The first-order valence-electron chi connectivity index (χ1n) is 11.7. The number of hydroxylamine groups is 2. The van der Waals surface area contributed by atoms with Crippen LogP contribution in [0.15, 0.2) is 72.9 Å². The number of allylic oxidation sites excluding steroid dienone is 1. The first kappa shape index (κ1) is 24.4. The van der Waals surface area contributed by atoms with Crippen LogP contribution in [0, 0.1) is 6.92 Å². The molecule has 0 spiro atoms. The fraction of sp³-hybridized carbons (Fsp3) is 0.296. The Morgan fingerprint density at radius 1 is 1.11 bits per heavy atom. The lowest BCUT2D eigenvalue weighted by Gasteiger charge is -2.43. The van der Waals surface area contributed by atoms with Gasteiger partial charge in [-0.3, -0.25) is 24.6 Å². The highest BCUT2D eigenvalue weighted by atomic mass is 16.7. The van der Waals surface area contributed by atoms with E-state index >= 15 is 0 Å². The molecular weight excluding hydrogens is 444 g/mol. The summed E-state index contributed by atoms with van der Waals surface area (Å²) in [5.74, 6) is -1.09. The van der Waals surface area contributed by atoms with Gasteiger partial charge in [0.25, 0.3) is 11.8 Å². The monoisotopic (exact) mass is 474 g/mol. The summed E-state index contributed by atoms with van der Waals surface area (Å²) in [7, 11) is 0. The number of hydrogen-bond acceptors (Lipinski definition) is 6. The van der Waals surface area contributed by atoms with Crippen molar-refractivity contribution in [2.24, 2.45) is 0 Å². The standard InChI is InChI=1S/C27H30N4O4/c1-19-18-22(21-14-8-9-15-23(21)28-19)24(35-30-25(32)20-12-6-5-7-13-20)27(2,26(33)29-34)31-16-10-3-4-11-17-31/h5-10,12-16,18,24,34H,3-4,11,17H2,1-2H3,(H,29,33)(H,30,32)/t24?,27-/m0/s1. The molecule has 1 aliphatic rings. The van der Waals surface area contributed by atoms with Gasteiger partial charge in [-0.25, -0.2) is 11.0 Å². The molecule has 0 bridgehead atoms. The van der Waals surface area contributed by atoms with Crippen LogP contribution in [0.25, 0.3) is 10.9 Å². The summed E-state index contributed by atoms with van der Waals surface area (Å²) in [6.07, 6.45) is 5.62. The van der Waals surface area contributed by atoms with Crippen molar-refractivity contribution >= 4 is 22.7 Å². The minimum atomic E-state index is -1.41. The molecule has 1 aliphatic heterocycles. The molecule has 1 unspecified atom stereocenters. The lowest BCUT2D eigenvalue weighted by molar-refractivity contribution is -0.155. The molecule has 35 heavy (non-hydrogen) atoms. The van der Waals surface area contributed by atoms with Crippen molar-refractivity contribution in [2.75, 3.05) is 6.54 Å². The summed E-state index contributed by atoms with van der Waals surface area (Å²) in [5.41, 5.74) is 5.54. The first-order chi connectivity index (χ1) is 16.9. The molecule has 0 saturated heterocycles. The van der Waals surface area contributed by atoms with Crippen molar-refractivity contribution < 1.29 is 19.6 Å². The van der Waals surface area contributed by atoms with Gasteiger partial charge in [0, 0.05) is 23.2 Å². The van der Waals surface area contributed by atoms with Crippen molar-refractivity contribution in [2.45, 2.75) is 44.8 Å². The molecule has 0 radical (unpaired) electrons. The van der Waals surface area contributed by atoms with Crippen LogP contribution in [0.4, 0.5) is 0 Å². The highest BCUT2D eigenvalue weighted by Gasteiger charge is 2.48. The maximum Gasteiger partial charge on any atom is 0.274 e. The number of nitrogens with one attached hydrogen (secondary N) is 2. The molecule has 2 aromatic carbocycles. The van der Waals surface area contributed by atoms with E-state index in [1.807, 2.05) is 66.0 Å². The normalized spacial score (nSPS) is 16.3. The van der Waals surface area contributed by atoms with Crippen LogP contribution < -0.4 is 11.0 Å². The maximum atomic E-state index is 13.4. The topological polar surface area (TPSA) is 104 Å². The molecule has 3 N–H and O–H groups in total. The zero-order valence-electron chi connectivity index (χ0n) is 19.9. The van der Waals surface area contributed by atoms with Crippen LogP contribution in [0.2, 0.25) is 0 Å². The summed E-state index contributed by atoms with van der Waals surface area (Å²) in [4.78, 5) is 38.8. The van der Waals surface area contributed by atoms with Gasteiger partial charge in [0.05, 0.1) is 5.52 Å². The highest BCUT2D eigenvalue weighted by Crippen LogP contribution is 2.39. The molecule has 1 aromatic heterocycles. The summed E-state index contributed by atoms with van der Waals surface area (Å²) < 4.78 is 0. The van der Waals surface area contributed by atoms with E-state index in [1.165, 1.54) is 0 Å². The third-order valence-electron chi connectivity index (χ3n) is 6.44. The average molecular weight is 475 g/mol. The Kier molecular flexibility index (Phi) is 7.43. The third-order valence-corrected chi connectivity index (χ3v) is 6.44. The van der Waals surface area contributed by atoms with Crippen LogP contribution in [0.3, 0.4) is 0 Å². The van der Waals surface area contributed by atoms with E-state index in [0.717, 1.165) is 35.9 Å². The Morgan fingerprint density at radius 3 is 2.63 bits per heavy atom. The minimum absolute atomic E-state index is 0.421. The molecule has 2 atom stereocenters. The molecule has 2 amide bonds. The molecule has 0 fully saturated rings. The molecule has 2 heterocycles. The molecule has 0 aliphatic carbocycles. The van der Waals surface area contributed by atoms with Gasteiger partial charge in [-0.1, -0.05) is 42.5 Å². The van der Waals surface area contributed by atoms with Crippen molar-refractivity contribution in [3.8, 4) is 0 Å². The number of aromatic nitrogens is 1. The summed E-state index contributed by atoms with van der Waals surface area (Å²) in [6, 6.07) is 18.1. The Hall–Kier alpha value is -3.75. The van der Waals surface area contributed by atoms with Gasteiger partial charge >= 0.3 is 0 Å². The van der Waals surface area contributed by atoms with Gasteiger partial charge in [0.1, 0.15) is 6.10 Å². The molecule has 0 saturated carbocycles. The fourth-order valence-corrected chi connectivity index (χ4v) is 4.52. The van der Waals surface area contributed by atoms with Gasteiger partial charge in [-0.15, -0.1) is 0 Å². The Labute approximate surface area is 204 Å². The summed E-state index contributed by atoms with van der Waals surface area (Å²) >= 11 is 0. The lowest BCUT2D eigenvalue weighted by atomic mass is 9.85. The molecule has 8 heteroatoms. The second kappa shape index (κ2) is 10.7. The number of para-hydroxylation sites is 1. The lowest BCUT2D eigenvalue weighted by Crippen LogP contribution is -2.59. The van der Waals surface area contributed by atoms with E-state index in [4.69, 9.17) is 4.84 Å². The van der Waals surface area contributed by atoms with E-state index in [9.17, 15) is 14.8 Å². The number of aryl methyl sites for hydroxylation is 1.